The van der Waals surface area contributed by atoms with E-state index in [9.17, 15) is 4.39 Å². The molecule has 2 aromatic rings. The van der Waals surface area contributed by atoms with Gasteiger partial charge in [0.25, 0.3) is 0 Å². The van der Waals surface area contributed by atoms with Gasteiger partial charge in [-0.1, -0.05) is 6.07 Å². The molecule has 2 N–H and O–H groups in total. The number of anilines is 1. The third-order valence-corrected chi connectivity index (χ3v) is 2.51. The van der Waals surface area contributed by atoms with Gasteiger partial charge >= 0.3 is 0 Å². The van der Waals surface area contributed by atoms with E-state index in [1.807, 2.05) is 0 Å². The van der Waals surface area contributed by atoms with Crippen molar-refractivity contribution in [1.29, 1.82) is 0 Å². The monoisotopic (exact) mass is 303 g/mol. The highest BCUT2D eigenvalue weighted by Crippen LogP contribution is 2.16. The molecule has 3 nitrogen and oxygen atoms in total. The smallest absolute Gasteiger partial charge is 0.146 e. The van der Waals surface area contributed by atoms with Gasteiger partial charge in [0.15, 0.2) is 0 Å². The van der Waals surface area contributed by atoms with Crippen molar-refractivity contribution in [2.24, 2.45) is 0 Å². The van der Waals surface area contributed by atoms with Crippen molar-refractivity contribution in [3.8, 4) is 5.69 Å². The van der Waals surface area contributed by atoms with Gasteiger partial charge in [0, 0.05) is 6.07 Å². The van der Waals surface area contributed by atoms with Crippen LogP contribution in [0.15, 0.2) is 30.3 Å². The Hall–Kier alpha value is -1.11. The van der Waals surface area contributed by atoms with Crippen LogP contribution < -0.4 is 5.73 Å². The summed E-state index contributed by atoms with van der Waals surface area (Å²) in [5, 5.41) is 4.04. The summed E-state index contributed by atoms with van der Waals surface area (Å²) in [4.78, 5) is 0. The SMILES string of the molecule is Nc1cc(I)n(-c2cccc(F)c2)n1. The molecule has 5 heteroatoms. The molecule has 14 heavy (non-hydrogen) atoms. The first-order chi connectivity index (χ1) is 6.66. The average Bonchev–Trinajstić information content (AvgIpc) is 2.45. The summed E-state index contributed by atoms with van der Waals surface area (Å²) < 4.78 is 15.4. The Morgan fingerprint density at radius 2 is 2.14 bits per heavy atom. The highest BCUT2D eigenvalue weighted by molar-refractivity contribution is 14.1. The minimum atomic E-state index is -0.285. The van der Waals surface area contributed by atoms with Crippen LogP contribution in [0.2, 0.25) is 0 Å². The van der Waals surface area contributed by atoms with Crippen molar-refractivity contribution in [2.45, 2.75) is 0 Å². The summed E-state index contributed by atoms with van der Waals surface area (Å²) in [6, 6.07) is 7.94. The van der Waals surface area contributed by atoms with Gasteiger partial charge in [-0.15, -0.1) is 5.10 Å². The highest BCUT2D eigenvalue weighted by Gasteiger charge is 2.05. The lowest BCUT2D eigenvalue weighted by Gasteiger charge is -2.02. The summed E-state index contributed by atoms with van der Waals surface area (Å²) in [6.45, 7) is 0. The number of nitrogens with two attached hydrogens (primary N) is 1. The number of rotatable bonds is 1. The van der Waals surface area contributed by atoms with Crippen molar-refractivity contribution >= 4 is 28.4 Å². The lowest BCUT2D eigenvalue weighted by molar-refractivity contribution is 0.625. The number of hydrogen-bond acceptors (Lipinski definition) is 2. The molecule has 0 spiro atoms. The first-order valence-electron chi connectivity index (χ1n) is 3.94. The van der Waals surface area contributed by atoms with Gasteiger partial charge in [0.2, 0.25) is 0 Å². The van der Waals surface area contributed by atoms with Crippen LogP contribution in [0.1, 0.15) is 0 Å². The Labute approximate surface area is 93.9 Å². The average molecular weight is 303 g/mol. The molecule has 0 bridgehead atoms. The minimum Gasteiger partial charge on any atom is -0.382 e. The summed E-state index contributed by atoms with van der Waals surface area (Å²) in [7, 11) is 0. The Kier molecular flexibility index (Phi) is 2.40. The molecule has 0 saturated carbocycles. The summed E-state index contributed by atoms with van der Waals surface area (Å²) in [5.41, 5.74) is 6.20. The van der Waals surface area contributed by atoms with E-state index >= 15 is 0 Å². The lowest BCUT2D eigenvalue weighted by Crippen LogP contribution is -1.99. The zero-order valence-corrected chi connectivity index (χ0v) is 9.27. The topological polar surface area (TPSA) is 43.8 Å². The first kappa shape index (κ1) is 9.45. The van der Waals surface area contributed by atoms with E-state index in [0.717, 1.165) is 3.70 Å². The third kappa shape index (κ3) is 1.72. The van der Waals surface area contributed by atoms with Crippen molar-refractivity contribution < 1.29 is 4.39 Å². The van der Waals surface area contributed by atoms with Crippen molar-refractivity contribution in [3.63, 3.8) is 0 Å². The fourth-order valence-electron chi connectivity index (χ4n) is 1.16. The van der Waals surface area contributed by atoms with Gasteiger partial charge in [-0.05, 0) is 40.8 Å². The fraction of sp³-hybridized carbons (Fsp3) is 0. The molecule has 0 fully saturated rings. The highest BCUT2D eigenvalue weighted by atomic mass is 127. The Morgan fingerprint density at radius 3 is 2.71 bits per heavy atom. The molecule has 72 valence electrons. The Balaban J connectivity index is 2.54. The molecular weight excluding hydrogens is 296 g/mol. The number of halogens is 2. The van der Waals surface area contributed by atoms with Crippen LogP contribution in [-0.4, -0.2) is 9.78 Å². The quantitative estimate of drug-likeness (QED) is 0.821. The minimum absolute atomic E-state index is 0.285. The van der Waals surface area contributed by atoms with E-state index in [1.54, 1.807) is 22.9 Å². The van der Waals surface area contributed by atoms with Crippen LogP contribution in [0.4, 0.5) is 10.2 Å². The van der Waals surface area contributed by atoms with Crippen molar-refractivity contribution in [1.82, 2.24) is 9.78 Å². The van der Waals surface area contributed by atoms with Crippen LogP contribution in [0.3, 0.4) is 0 Å². The third-order valence-electron chi connectivity index (χ3n) is 1.74. The van der Waals surface area contributed by atoms with E-state index in [-0.39, 0.29) is 5.82 Å². The largest absolute Gasteiger partial charge is 0.382 e. The van der Waals surface area contributed by atoms with Crippen LogP contribution in [-0.2, 0) is 0 Å². The number of benzene rings is 1. The summed E-state index contributed by atoms with van der Waals surface area (Å²) in [6.07, 6.45) is 0. The zero-order chi connectivity index (χ0) is 10.1. The van der Waals surface area contributed by atoms with Gasteiger partial charge in [-0.2, -0.15) is 0 Å². The van der Waals surface area contributed by atoms with E-state index < -0.39 is 0 Å². The molecule has 0 unspecified atom stereocenters. The normalized spacial score (nSPS) is 10.4. The van der Waals surface area contributed by atoms with E-state index in [2.05, 4.69) is 27.7 Å². The lowest BCUT2D eigenvalue weighted by atomic mass is 10.3. The maximum absolute atomic E-state index is 12.9. The van der Waals surface area contributed by atoms with Crippen LogP contribution >= 0.6 is 22.6 Å². The fourth-order valence-corrected chi connectivity index (χ4v) is 1.87. The molecule has 0 aliphatic carbocycles. The predicted octanol–water partition coefficient (Wildman–Crippen LogP) is 2.20. The second kappa shape index (κ2) is 3.56. The van der Waals surface area contributed by atoms with Gasteiger partial charge in [-0.25, -0.2) is 9.07 Å². The number of nitrogens with zero attached hydrogens (tertiary/aromatic N) is 2. The standard InChI is InChI=1S/C9H7FIN3/c10-6-2-1-3-7(4-6)14-8(11)5-9(12)13-14/h1-5H,(H2,12,13). The molecule has 0 aliphatic rings. The van der Waals surface area contributed by atoms with Crippen LogP contribution in [0.25, 0.3) is 5.69 Å². The molecular formula is C9H7FIN3. The van der Waals surface area contributed by atoms with Crippen molar-refractivity contribution in [3.05, 3.63) is 39.8 Å². The van der Waals surface area contributed by atoms with E-state index in [0.29, 0.717) is 11.5 Å². The molecule has 0 atom stereocenters. The maximum Gasteiger partial charge on any atom is 0.146 e. The molecule has 1 heterocycles. The summed E-state index contributed by atoms with van der Waals surface area (Å²) >= 11 is 2.09. The molecule has 0 radical (unpaired) electrons. The molecule has 0 aliphatic heterocycles. The van der Waals surface area contributed by atoms with Crippen LogP contribution in [0, 0.1) is 9.52 Å². The number of nitrogen functional groups attached to an aromatic ring is 1. The zero-order valence-electron chi connectivity index (χ0n) is 7.11. The number of aromatic nitrogens is 2. The summed E-state index contributed by atoms with van der Waals surface area (Å²) in [5.74, 6) is 0.144. The van der Waals surface area contributed by atoms with Crippen molar-refractivity contribution in [2.75, 3.05) is 5.73 Å². The van der Waals surface area contributed by atoms with Crippen LogP contribution in [0.5, 0.6) is 0 Å². The second-order valence-corrected chi connectivity index (χ2v) is 3.89. The first-order valence-corrected chi connectivity index (χ1v) is 5.01. The molecule has 2 rings (SSSR count). The Bertz CT molecular complexity index is 467. The van der Waals surface area contributed by atoms with E-state index in [4.69, 9.17) is 5.73 Å². The van der Waals surface area contributed by atoms with Gasteiger partial charge in [0.1, 0.15) is 15.3 Å². The number of hydrogen-bond donors (Lipinski definition) is 1. The van der Waals surface area contributed by atoms with E-state index in [1.165, 1.54) is 12.1 Å². The maximum atomic E-state index is 12.9. The van der Waals surface area contributed by atoms with Gasteiger partial charge in [0.05, 0.1) is 5.69 Å². The molecule has 1 aromatic carbocycles. The molecule has 1 aromatic heterocycles. The van der Waals surface area contributed by atoms with Gasteiger partial charge in [-0.3, -0.25) is 0 Å². The predicted molar refractivity (Wildman–Crippen MR) is 60.7 cm³/mol. The second-order valence-electron chi connectivity index (χ2n) is 2.78. The van der Waals surface area contributed by atoms with Gasteiger partial charge < -0.3 is 5.73 Å². The Morgan fingerprint density at radius 1 is 1.36 bits per heavy atom. The molecule has 0 saturated heterocycles. The molecule has 0 amide bonds.